The van der Waals surface area contributed by atoms with Gasteiger partial charge in [0.2, 0.25) is 10.0 Å². The summed E-state index contributed by atoms with van der Waals surface area (Å²) < 4.78 is 28.5. The van der Waals surface area contributed by atoms with Crippen LogP contribution in [0.25, 0.3) is 0 Å². The number of sulfonamides is 1. The first-order chi connectivity index (χ1) is 9.66. The zero-order chi connectivity index (χ0) is 16.2. The Morgan fingerprint density at radius 3 is 2.43 bits per heavy atom. The lowest BCUT2D eigenvalue weighted by Gasteiger charge is -2.19. The van der Waals surface area contributed by atoms with Crippen LogP contribution >= 0.6 is 0 Å². The Morgan fingerprint density at radius 1 is 1.33 bits per heavy atom. The predicted molar refractivity (Wildman–Crippen MR) is 80.7 cm³/mol. The average molecular weight is 314 g/mol. The van der Waals surface area contributed by atoms with Gasteiger partial charge in [-0.3, -0.25) is 4.79 Å². The summed E-state index contributed by atoms with van der Waals surface area (Å²) in [6.07, 6.45) is -0.664. The molecule has 3 N–H and O–H groups in total. The molecule has 0 aliphatic carbocycles. The second-order valence-corrected chi connectivity index (χ2v) is 6.62. The van der Waals surface area contributed by atoms with Crippen LogP contribution in [-0.4, -0.2) is 27.0 Å². The average Bonchev–Trinajstić information content (AvgIpc) is 2.37. The second-order valence-electron chi connectivity index (χ2n) is 5.05. The molecule has 1 aromatic rings. The van der Waals surface area contributed by atoms with E-state index in [-0.39, 0.29) is 16.7 Å². The molecule has 0 spiro atoms. The summed E-state index contributed by atoms with van der Waals surface area (Å²) in [7, 11) is -3.76. The predicted octanol–water partition coefficient (Wildman–Crippen LogP) is 1.36. The Labute approximate surface area is 125 Å². The number of nitrogens with two attached hydrogens (primary N) is 1. The van der Waals surface area contributed by atoms with E-state index < -0.39 is 16.1 Å². The van der Waals surface area contributed by atoms with Crippen LogP contribution in [0.4, 0.5) is 0 Å². The summed E-state index contributed by atoms with van der Waals surface area (Å²) in [5.74, 6) is 0.294. The molecule has 118 valence electrons. The Kier molecular flexibility index (Phi) is 5.74. The monoisotopic (exact) mass is 314 g/mol. The lowest BCUT2D eigenvalue weighted by molar-refractivity contribution is -0.127. The molecule has 0 heterocycles. The molecule has 0 bridgehead atoms. The van der Waals surface area contributed by atoms with Gasteiger partial charge in [-0.15, -0.1) is 0 Å². The molecule has 1 rings (SSSR count). The van der Waals surface area contributed by atoms with Crippen molar-refractivity contribution in [3.8, 4) is 5.75 Å². The maximum Gasteiger partial charge on any atom is 0.260 e. The Bertz CT molecular complexity index is 611. The van der Waals surface area contributed by atoms with Crippen LogP contribution < -0.4 is 15.2 Å². The minimum absolute atomic E-state index is 0.0307. The number of amides is 1. The van der Waals surface area contributed by atoms with Crippen molar-refractivity contribution in [2.45, 2.75) is 44.6 Å². The molecule has 7 heteroatoms. The normalized spacial score (nSPS) is 13.0. The van der Waals surface area contributed by atoms with Gasteiger partial charge in [0.05, 0.1) is 4.90 Å². The molecule has 6 nitrogen and oxygen atoms in total. The summed E-state index contributed by atoms with van der Waals surface area (Å²) in [6, 6.07) is 4.39. The van der Waals surface area contributed by atoms with Crippen LogP contribution in [0.5, 0.6) is 5.75 Å². The van der Waals surface area contributed by atoms with Gasteiger partial charge in [0, 0.05) is 6.54 Å². The van der Waals surface area contributed by atoms with E-state index in [1.165, 1.54) is 18.2 Å². The van der Waals surface area contributed by atoms with Crippen LogP contribution in [0.2, 0.25) is 0 Å². The first-order valence-corrected chi connectivity index (χ1v) is 8.32. The van der Waals surface area contributed by atoms with Gasteiger partial charge >= 0.3 is 0 Å². The van der Waals surface area contributed by atoms with Crippen LogP contribution in [0.1, 0.15) is 39.2 Å². The van der Waals surface area contributed by atoms with Gasteiger partial charge in [-0.2, -0.15) is 0 Å². The zero-order valence-electron chi connectivity index (χ0n) is 12.7. The first-order valence-electron chi connectivity index (χ1n) is 6.78. The molecule has 0 radical (unpaired) electrons. The van der Waals surface area contributed by atoms with Crippen molar-refractivity contribution < 1.29 is 17.9 Å². The van der Waals surface area contributed by atoms with Gasteiger partial charge in [0.1, 0.15) is 5.75 Å². The molecular weight excluding hydrogens is 292 g/mol. The molecular formula is C14H22N2O4S. The Balaban J connectivity index is 3.10. The van der Waals surface area contributed by atoms with Gasteiger partial charge in [-0.1, -0.05) is 13.8 Å². The number of primary sulfonamides is 1. The van der Waals surface area contributed by atoms with Crippen LogP contribution in [0.15, 0.2) is 23.1 Å². The van der Waals surface area contributed by atoms with E-state index in [1.807, 2.05) is 20.8 Å². The smallest absolute Gasteiger partial charge is 0.260 e. The number of nitrogens with one attached hydrogen (secondary N) is 1. The third-order valence-corrected chi connectivity index (χ3v) is 3.87. The van der Waals surface area contributed by atoms with Crippen LogP contribution in [0.3, 0.4) is 0 Å². The molecule has 0 aliphatic rings. The number of ether oxygens (including phenoxy) is 1. The van der Waals surface area contributed by atoms with Gasteiger partial charge < -0.3 is 10.1 Å². The van der Waals surface area contributed by atoms with Crippen molar-refractivity contribution in [1.82, 2.24) is 5.32 Å². The third-order valence-electron chi connectivity index (χ3n) is 2.96. The highest BCUT2D eigenvalue weighted by molar-refractivity contribution is 7.89. The fourth-order valence-corrected chi connectivity index (χ4v) is 2.37. The zero-order valence-corrected chi connectivity index (χ0v) is 13.5. The van der Waals surface area contributed by atoms with Crippen molar-refractivity contribution in [2.75, 3.05) is 6.54 Å². The highest BCUT2D eigenvalue weighted by Gasteiger charge is 2.19. The first kappa shape index (κ1) is 17.5. The SMILES string of the molecule is CCNC(=O)C(C)Oc1ccc(S(N)(=O)=O)cc1C(C)C. The van der Waals surface area contributed by atoms with Crippen molar-refractivity contribution in [2.24, 2.45) is 5.14 Å². The van der Waals surface area contributed by atoms with Crippen molar-refractivity contribution >= 4 is 15.9 Å². The molecule has 0 aliphatic heterocycles. The van der Waals surface area contributed by atoms with Crippen molar-refractivity contribution in [3.63, 3.8) is 0 Å². The lowest BCUT2D eigenvalue weighted by atomic mass is 10.0. The number of carbonyl (C=O) groups is 1. The summed E-state index contributed by atoms with van der Waals surface area (Å²) in [5.41, 5.74) is 0.692. The maximum atomic E-state index is 11.7. The molecule has 21 heavy (non-hydrogen) atoms. The number of hydrogen-bond donors (Lipinski definition) is 2. The number of rotatable bonds is 6. The fourth-order valence-electron chi connectivity index (χ4n) is 1.82. The molecule has 1 aromatic carbocycles. The molecule has 0 fully saturated rings. The van der Waals surface area contributed by atoms with E-state index in [9.17, 15) is 13.2 Å². The quantitative estimate of drug-likeness (QED) is 0.828. The molecule has 0 saturated heterocycles. The molecule has 1 atom stereocenters. The van der Waals surface area contributed by atoms with Crippen molar-refractivity contribution in [1.29, 1.82) is 0 Å². The third kappa shape index (κ3) is 4.71. The van der Waals surface area contributed by atoms with E-state index in [0.717, 1.165) is 0 Å². The van der Waals surface area contributed by atoms with E-state index in [2.05, 4.69) is 5.32 Å². The molecule has 0 saturated carbocycles. The number of hydrogen-bond acceptors (Lipinski definition) is 4. The van der Waals surface area contributed by atoms with E-state index in [1.54, 1.807) is 6.92 Å². The van der Waals surface area contributed by atoms with Gasteiger partial charge in [0.25, 0.3) is 5.91 Å². The summed E-state index contributed by atoms with van der Waals surface area (Å²) in [4.78, 5) is 11.7. The largest absolute Gasteiger partial charge is 0.481 e. The van der Waals surface area contributed by atoms with Crippen molar-refractivity contribution in [3.05, 3.63) is 23.8 Å². The Hall–Kier alpha value is -1.60. The van der Waals surface area contributed by atoms with Crippen LogP contribution in [-0.2, 0) is 14.8 Å². The number of benzene rings is 1. The summed E-state index contributed by atoms with van der Waals surface area (Å²) in [6.45, 7) is 7.81. The Morgan fingerprint density at radius 2 is 1.95 bits per heavy atom. The topological polar surface area (TPSA) is 98.5 Å². The molecule has 1 unspecified atom stereocenters. The van der Waals surface area contributed by atoms with E-state index in [4.69, 9.17) is 9.88 Å². The highest BCUT2D eigenvalue weighted by Crippen LogP contribution is 2.29. The lowest BCUT2D eigenvalue weighted by Crippen LogP contribution is -2.36. The standard InChI is InChI=1S/C14H22N2O4S/c1-5-16-14(17)10(4)20-13-7-6-11(21(15,18)19)8-12(13)9(2)3/h6-10H,5H2,1-4H3,(H,16,17)(H2,15,18,19). The maximum absolute atomic E-state index is 11.7. The minimum atomic E-state index is -3.76. The van der Waals surface area contributed by atoms with Gasteiger partial charge in [-0.25, -0.2) is 13.6 Å². The molecule has 0 aromatic heterocycles. The van der Waals surface area contributed by atoms with Gasteiger partial charge in [0.15, 0.2) is 6.10 Å². The van der Waals surface area contributed by atoms with E-state index >= 15 is 0 Å². The molecule has 1 amide bonds. The number of carbonyl (C=O) groups excluding carboxylic acids is 1. The minimum Gasteiger partial charge on any atom is -0.481 e. The number of likely N-dealkylation sites (N-methyl/N-ethyl adjacent to an activating group) is 1. The summed E-state index contributed by atoms with van der Waals surface area (Å²) in [5, 5.41) is 7.80. The summed E-state index contributed by atoms with van der Waals surface area (Å²) >= 11 is 0. The fraction of sp³-hybridized carbons (Fsp3) is 0.500. The second kappa shape index (κ2) is 6.91. The van der Waals surface area contributed by atoms with Crippen LogP contribution in [0, 0.1) is 0 Å². The van der Waals surface area contributed by atoms with Gasteiger partial charge in [-0.05, 0) is 43.5 Å². The van der Waals surface area contributed by atoms with E-state index in [0.29, 0.717) is 17.9 Å². The highest BCUT2D eigenvalue weighted by atomic mass is 32.2.